The minimum absolute atomic E-state index is 0.297. The molecule has 0 heterocycles. The smallest absolute Gasteiger partial charge is 0.411 e. The van der Waals surface area contributed by atoms with E-state index in [2.05, 4.69) is 0 Å². The first kappa shape index (κ1) is 15.7. The van der Waals surface area contributed by atoms with E-state index in [4.69, 9.17) is 4.74 Å². The Balaban J connectivity index is 5.07. The molecular weight excluding hydrogens is 222 g/mol. The molecule has 1 N–H and O–H groups in total. The van der Waals surface area contributed by atoms with Crippen LogP contribution in [0.25, 0.3) is 0 Å². The second-order valence-electron chi connectivity index (χ2n) is 5.16. The fourth-order valence-corrected chi connectivity index (χ4v) is 1.45. The third-order valence-corrected chi connectivity index (χ3v) is 2.68. The monoisotopic (exact) mass is 245 g/mol. The Morgan fingerprint density at radius 2 is 1.65 bits per heavy atom. The second kappa shape index (κ2) is 5.38. The Morgan fingerprint density at radius 3 is 1.88 bits per heavy atom. The predicted octanol–water partition coefficient (Wildman–Crippen LogP) is 2.50. The van der Waals surface area contributed by atoms with E-state index in [0.29, 0.717) is 13.0 Å². The lowest BCUT2D eigenvalue weighted by atomic mass is 9.97. The number of likely N-dealkylation sites (N-methyl/N-ethyl adjacent to an activating group) is 1. The van der Waals surface area contributed by atoms with Crippen molar-refractivity contribution in [2.75, 3.05) is 6.54 Å². The quantitative estimate of drug-likeness (QED) is 0.826. The fraction of sp³-hybridized carbons (Fsp3) is 0.833. The van der Waals surface area contributed by atoms with Crippen molar-refractivity contribution in [3.63, 3.8) is 0 Å². The number of hydrogen-bond acceptors (Lipinski definition) is 3. The third kappa shape index (κ3) is 3.91. The molecule has 1 atom stereocenters. The van der Waals surface area contributed by atoms with Crippen molar-refractivity contribution in [3.05, 3.63) is 0 Å². The zero-order valence-electron chi connectivity index (χ0n) is 11.5. The number of carboxylic acid groups (broad SMARTS) is 1. The third-order valence-electron chi connectivity index (χ3n) is 2.68. The van der Waals surface area contributed by atoms with E-state index in [0.717, 1.165) is 0 Å². The molecule has 0 spiro atoms. The summed E-state index contributed by atoms with van der Waals surface area (Å²) in [4.78, 5) is 24.5. The van der Waals surface area contributed by atoms with E-state index in [1.807, 2.05) is 0 Å². The molecule has 0 aliphatic carbocycles. The van der Waals surface area contributed by atoms with Crippen LogP contribution in [0.4, 0.5) is 4.79 Å². The summed E-state index contributed by atoms with van der Waals surface area (Å²) < 4.78 is 5.21. The number of amides is 1. The first-order valence-corrected chi connectivity index (χ1v) is 5.82. The van der Waals surface area contributed by atoms with E-state index in [1.165, 1.54) is 11.8 Å². The molecule has 5 nitrogen and oxygen atoms in total. The van der Waals surface area contributed by atoms with Gasteiger partial charge in [-0.05, 0) is 41.0 Å². The zero-order chi connectivity index (χ0) is 13.9. The van der Waals surface area contributed by atoms with Gasteiger partial charge >= 0.3 is 12.1 Å². The summed E-state index contributed by atoms with van der Waals surface area (Å²) in [6.45, 7) is 10.6. The van der Waals surface area contributed by atoms with Crippen LogP contribution in [-0.4, -0.2) is 39.8 Å². The van der Waals surface area contributed by atoms with E-state index >= 15 is 0 Å². The van der Waals surface area contributed by atoms with Crippen LogP contribution < -0.4 is 0 Å². The van der Waals surface area contributed by atoms with Crippen molar-refractivity contribution in [2.45, 2.75) is 59.1 Å². The molecular formula is C12H23NO4. The van der Waals surface area contributed by atoms with Gasteiger partial charge in [-0.3, -0.25) is 4.90 Å². The summed E-state index contributed by atoms with van der Waals surface area (Å²) >= 11 is 0. The summed E-state index contributed by atoms with van der Waals surface area (Å²) in [5, 5.41) is 9.23. The highest BCUT2D eigenvalue weighted by Gasteiger charge is 2.41. The second-order valence-corrected chi connectivity index (χ2v) is 5.16. The number of carbonyl (C=O) groups excluding carboxylic acids is 1. The lowest BCUT2D eigenvalue weighted by Crippen LogP contribution is -2.55. The maximum atomic E-state index is 11.9. The van der Waals surface area contributed by atoms with Gasteiger partial charge in [0.25, 0.3) is 0 Å². The molecule has 17 heavy (non-hydrogen) atoms. The van der Waals surface area contributed by atoms with Gasteiger partial charge in [0.15, 0.2) is 0 Å². The molecule has 0 bridgehead atoms. The van der Waals surface area contributed by atoms with Gasteiger partial charge in [-0.2, -0.15) is 0 Å². The van der Waals surface area contributed by atoms with Gasteiger partial charge in [0.2, 0.25) is 0 Å². The highest BCUT2D eigenvalue weighted by Crippen LogP contribution is 2.22. The first-order chi connectivity index (χ1) is 7.58. The van der Waals surface area contributed by atoms with E-state index in [-0.39, 0.29) is 0 Å². The molecule has 0 aliphatic heterocycles. The summed E-state index contributed by atoms with van der Waals surface area (Å²) in [6, 6.07) is 0. The van der Waals surface area contributed by atoms with E-state index in [1.54, 1.807) is 34.6 Å². The van der Waals surface area contributed by atoms with Gasteiger partial charge in [0, 0.05) is 6.54 Å². The van der Waals surface area contributed by atoms with E-state index in [9.17, 15) is 14.7 Å². The van der Waals surface area contributed by atoms with Gasteiger partial charge in [0.05, 0.1) is 0 Å². The maximum Gasteiger partial charge on any atom is 0.411 e. The van der Waals surface area contributed by atoms with Gasteiger partial charge in [-0.25, -0.2) is 9.59 Å². The van der Waals surface area contributed by atoms with E-state index < -0.39 is 23.2 Å². The number of aliphatic carboxylic acids is 1. The molecule has 100 valence electrons. The average molecular weight is 245 g/mol. The molecule has 0 aliphatic rings. The number of rotatable bonds is 4. The minimum Gasteiger partial charge on any atom is -0.480 e. The molecule has 0 saturated carbocycles. The molecule has 0 fully saturated rings. The molecule has 1 unspecified atom stereocenters. The number of hydrogen-bond donors (Lipinski definition) is 1. The Labute approximate surface area is 103 Å². The highest BCUT2D eigenvalue weighted by atomic mass is 16.6. The number of ether oxygens (including phenoxy) is 1. The molecule has 1 amide bonds. The maximum absolute atomic E-state index is 11.9. The van der Waals surface area contributed by atoms with Crippen molar-refractivity contribution in [1.29, 1.82) is 0 Å². The molecule has 0 saturated heterocycles. The molecule has 0 aromatic heterocycles. The summed E-state index contributed by atoms with van der Waals surface area (Å²) in [5.41, 5.74) is -1.85. The normalized spacial score (nSPS) is 14.9. The molecule has 0 rings (SSSR count). The Kier molecular flexibility index (Phi) is 4.98. The summed E-state index contributed by atoms with van der Waals surface area (Å²) in [6.07, 6.45) is -0.262. The topological polar surface area (TPSA) is 66.8 Å². The van der Waals surface area contributed by atoms with Gasteiger partial charge < -0.3 is 9.84 Å². The Hall–Kier alpha value is -1.26. The number of nitrogens with zero attached hydrogens (tertiary/aromatic N) is 1. The summed E-state index contributed by atoms with van der Waals surface area (Å²) in [5.74, 6) is -1.02. The molecule has 0 radical (unpaired) electrons. The zero-order valence-corrected chi connectivity index (χ0v) is 11.5. The highest BCUT2D eigenvalue weighted by molar-refractivity contribution is 5.84. The number of carboxylic acids is 1. The average Bonchev–Trinajstić information content (AvgIpc) is 2.15. The van der Waals surface area contributed by atoms with Crippen LogP contribution in [-0.2, 0) is 9.53 Å². The molecule has 5 heteroatoms. The Morgan fingerprint density at radius 1 is 1.18 bits per heavy atom. The SMILES string of the molecule is CCN(C(=O)OC(C)(C)C)C(C)(CC)C(=O)O. The van der Waals surface area contributed by atoms with Crippen molar-refractivity contribution in [3.8, 4) is 0 Å². The van der Waals surface area contributed by atoms with Crippen LogP contribution in [0, 0.1) is 0 Å². The van der Waals surface area contributed by atoms with Crippen LogP contribution in [0.1, 0.15) is 48.0 Å². The van der Waals surface area contributed by atoms with Crippen LogP contribution in [0.15, 0.2) is 0 Å². The van der Waals surface area contributed by atoms with Crippen molar-refractivity contribution >= 4 is 12.1 Å². The van der Waals surface area contributed by atoms with Crippen LogP contribution in [0.5, 0.6) is 0 Å². The minimum atomic E-state index is -1.23. The fourth-order valence-electron chi connectivity index (χ4n) is 1.45. The molecule has 0 aromatic carbocycles. The van der Waals surface area contributed by atoms with Crippen LogP contribution in [0.3, 0.4) is 0 Å². The van der Waals surface area contributed by atoms with Crippen molar-refractivity contribution in [1.82, 2.24) is 4.90 Å². The van der Waals surface area contributed by atoms with Gasteiger partial charge in [0.1, 0.15) is 11.1 Å². The predicted molar refractivity (Wildman–Crippen MR) is 64.9 cm³/mol. The van der Waals surface area contributed by atoms with Gasteiger partial charge in [-0.1, -0.05) is 6.92 Å². The number of carbonyl (C=O) groups is 2. The van der Waals surface area contributed by atoms with Crippen LogP contribution >= 0.6 is 0 Å². The summed E-state index contributed by atoms with van der Waals surface area (Å²) in [7, 11) is 0. The van der Waals surface area contributed by atoms with Crippen molar-refractivity contribution in [2.24, 2.45) is 0 Å². The standard InChI is InChI=1S/C12H23NO4/c1-7-12(6,9(14)15)13(8-2)10(16)17-11(3,4)5/h7-8H2,1-6H3,(H,14,15). The van der Waals surface area contributed by atoms with Crippen molar-refractivity contribution < 1.29 is 19.4 Å². The van der Waals surface area contributed by atoms with Crippen LogP contribution in [0.2, 0.25) is 0 Å². The Bertz CT molecular complexity index is 295. The van der Waals surface area contributed by atoms with Gasteiger partial charge in [-0.15, -0.1) is 0 Å². The molecule has 0 aromatic rings. The largest absolute Gasteiger partial charge is 0.480 e. The lowest BCUT2D eigenvalue weighted by molar-refractivity contribution is -0.150. The lowest BCUT2D eigenvalue weighted by Gasteiger charge is -2.37. The first-order valence-electron chi connectivity index (χ1n) is 5.82.